The molecule has 0 atom stereocenters. The summed E-state index contributed by atoms with van der Waals surface area (Å²) >= 11 is 5.81. The molecule has 2 rings (SSSR count). The fraction of sp³-hybridized carbons (Fsp3) is 0.500. The minimum absolute atomic E-state index is 0.159. The van der Waals surface area contributed by atoms with Crippen LogP contribution in [0.5, 0.6) is 0 Å². The van der Waals surface area contributed by atoms with Crippen molar-refractivity contribution < 1.29 is 4.79 Å². The molecule has 1 aliphatic rings. The Morgan fingerprint density at radius 1 is 1.41 bits per heavy atom. The standard InChI is InChI=1S/C12H16ClN3O/c13-8-5-6-15-11(7-8)12(17)16-10-3-1-9(14)2-4-10/h5-7,9-10H,1-4,14H2,(H,16,17). The molecular formula is C12H16ClN3O. The van der Waals surface area contributed by atoms with Gasteiger partial charge in [0.1, 0.15) is 5.69 Å². The van der Waals surface area contributed by atoms with Crippen molar-refractivity contribution in [1.29, 1.82) is 0 Å². The molecule has 1 aromatic rings. The second kappa shape index (κ2) is 5.47. The van der Waals surface area contributed by atoms with Crippen molar-refractivity contribution in [3.8, 4) is 0 Å². The van der Waals surface area contributed by atoms with Gasteiger partial charge in [-0.25, -0.2) is 0 Å². The van der Waals surface area contributed by atoms with Gasteiger partial charge < -0.3 is 11.1 Å². The van der Waals surface area contributed by atoms with E-state index in [1.165, 1.54) is 6.20 Å². The first-order valence-electron chi connectivity index (χ1n) is 5.83. The average Bonchev–Trinajstić information content (AvgIpc) is 2.32. The highest BCUT2D eigenvalue weighted by atomic mass is 35.5. The topological polar surface area (TPSA) is 68.0 Å². The Morgan fingerprint density at radius 3 is 2.76 bits per heavy atom. The van der Waals surface area contributed by atoms with Crippen LogP contribution in [0.4, 0.5) is 0 Å². The lowest BCUT2D eigenvalue weighted by Crippen LogP contribution is -2.40. The third-order valence-electron chi connectivity index (χ3n) is 3.06. The number of rotatable bonds is 2. The van der Waals surface area contributed by atoms with Crippen LogP contribution in [0, 0.1) is 0 Å². The molecule has 0 saturated heterocycles. The molecule has 0 aromatic carbocycles. The maximum Gasteiger partial charge on any atom is 0.270 e. The van der Waals surface area contributed by atoms with Gasteiger partial charge in [0.15, 0.2) is 0 Å². The number of carbonyl (C=O) groups is 1. The molecule has 1 amide bonds. The molecule has 1 heterocycles. The zero-order chi connectivity index (χ0) is 12.3. The molecule has 1 fully saturated rings. The lowest BCUT2D eigenvalue weighted by atomic mass is 9.92. The number of halogens is 1. The molecule has 4 nitrogen and oxygen atoms in total. The summed E-state index contributed by atoms with van der Waals surface area (Å²) in [7, 11) is 0. The minimum Gasteiger partial charge on any atom is -0.348 e. The number of carbonyl (C=O) groups excluding carboxylic acids is 1. The Balaban J connectivity index is 1.93. The molecule has 92 valence electrons. The van der Waals surface area contributed by atoms with Crippen LogP contribution in [-0.2, 0) is 0 Å². The van der Waals surface area contributed by atoms with Crippen LogP contribution in [0.1, 0.15) is 36.2 Å². The fourth-order valence-electron chi connectivity index (χ4n) is 2.05. The highest BCUT2D eigenvalue weighted by molar-refractivity contribution is 6.30. The molecule has 1 aliphatic carbocycles. The van der Waals surface area contributed by atoms with Gasteiger partial charge in [0, 0.05) is 23.3 Å². The van der Waals surface area contributed by atoms with Gasteiger partial charge in [-0.1, -0.05) is 11.6 Å². The lowest BCUT2D eigenvalue weighted by Gasteiger charge is -2.26. The number of nitrogens with two attached hydrogens (primary N) is 1. The summed E-state index contributed by atoms with van der Waals surface area (Å²) in [4.78, 5) is 15.9. The molecule has 1 saturated carbocycles. The van der Waals surface area contributed by atoms with Crippen LogP contribution in [0.3, 0.4) is 0 Å². The highest BCUT2D eigenvalue weighted by Gasteiger charge is 2.20. The van der Waals surface area contributed by atoms with Crippen LogP contribution < -0.4 is 11.1 Å². The predicted molar refractivity (Wildman–Crippen MR) is 66.9 cm³/mol. The van der Waals surface area contributed by atoms with E-state index in [0.717, 1.165) is 25.7 Å². The molecule has 0 unspecified atom stereocenters. The van der Waals surface area contributed by atoms with Gasteiger partial charge in [0.2, 0.25) is 0 Å². The molecule has 5 heteroatoms. The minimum atomic E-state index is -0.159. The van der Waals surface area contributed by atoms with Crippen molar-refractivity contribution in [3.63, 3.8) is 0 Å². The van der Waals surface area contributed by atoms with Crippen molar-refractivity contribution in [2.45, 2.75) is 37.8 Å². The fourth-order valence-corrected chi connectivity index (χ4v) is 2.21. The normalized spacial score (nSPS) is 24.4. The van der Waals surface area contributed by atoms with E-state index < -0.39 is 0 Å². The third kappa shape index (κ3) is 3.41. The van der Waals surface area contributed by atoms with E-state index in [1.54, 1.807) is 12.1 Å². The number of aromatic nitrogens is 1. The number of nitrogens with zero attached hydrogens (tertiary/aromatic N) is 1. The van der Waals surface area contributed by atoms with Gasteiger partial charge in [-0.15, -0.1) is 0 Å². The number of pyridine rings is 1. The Labute approximate surface area is 106 Å². The van der Waals surface area contributed by atoms with Gasteiger partial charge in [-0.3, -0.25) is 9.78 Å². The van der Waals surface area contributed by atoms with Crippen LogP contribution in [0.15, 0.2) is 18.3 Å². The zero-order valence-electron chi connectivity index (χ0n) is 9.53. The van der Waals surface area contributed by atoms with E-state index in [9.17, 15) is 4.79 Å². The smallest absolute Gasteiger partial charge is 0.270 e. The van der Waals surface area contributed by atoms with Gasteiger partial charge in [0.25, 0.3) is 5.91 Å². The van der Waals surface area contributed by atoms with Crippen molar-refractivity contribution in [1.82, 2.24) is 10.3 Å². The summed E-state index contributed by atoms with van der Waals surface area (Å²) in [5.41, 5.74) is 6.18. The molecule has 1 aromatic heterocycles. The van der Waals surface area contributed by atoms with Crippen LogP contribution >= 0.6 is 11.6 Å². The molecular weight excluding hydrogens is 238 g/mol. The molecule has 3 N–H and O–H groups in total. The Kier molecular flexibility index (Phi) is 3.97. The number of nitrogens with one attached hydrogen (secondary N) is 1. The summed E-state index contributed by atoms with van der Waals surface area (Å²) in [5, 5.41) is 3.49. The predicted octanol–water partition coefficient (Wildman–Crippen LogP) is 1.73. The SMILES string of the molecule is NC1CCC(NC(=O)c2cc(Cl)ccn2)CC1. The maximum atomic E-state index is 11.9. The van der Waals surface area contributed by atoms with Gasteiger partial charge in [-0.05, 0) is 37.8 Å². The van der Waals surface area contributed by atoms with E-state index in [-0.39, 0.29) is 18.0 Å². The average molecular weight is 254 g/mol. The molecule has 0 spiro atoms. The van der Waals surface area contributed by atoms with Crippen molar-refractivity contribution in [2.24, 2.45) is 5.73 Å². The molecule has 0 aliphatic heterocycles. The number of hydrogen-bond acceptors (Lipinski definition) is 3. The highest BCUT2D eigenvalue weighted by Crippen LogP contribution is 2.17. The molecule has 0 bridgehead atoms. The van der Waals surface area contributed by atoms with Crippen molar-refractivity contribution >= 4 is 17.5 Å². The summed E-state index contributed by atoms with van der Waals surface area (Å²) in [6.45, 7) is 0. The van der Waals surface area contributed by atoms with Gasteiger partial charge in [-0.2, -0.15) is 0 Å². The molecule has 17 heavy (non-hydrogen) atoms. The largest absolute Gasteiger partial charge is 0.348 e. The van der Waals surface area contributed by atoms with E-state index in [2.05, 4.69) is 10.3 Å². The summed E-state index contributed by atoms with van der Waals surface area (Å²) < 4.78 is 0. The molecule has 0 radical (unpaired) electrons. The van der Waals surface area contributed by atoms with Crippen LogP contribution in [-0.4, -0.2) is 23.0 Å². The second-order valence-electron chi connectivity index (χ2n) is 4.44. The zero-order valence-corrected chi connectivity index (χ0v) is 10.3. The quantitative estimate of drug-likeness (QED) is 0.844. The maximum absolute atomic E-state index is 11.9. The first kappa shape index (κ1) is 12.3. The van der Waals surface area contributed by atoms with Crippen LogP contribution in [0.2, 0.25) is 5.02 Å². The Bertz CT molecular complexity index is 402. The van der Waals surface area contributed by atoms with Gasteiger partial charge >= 0.3 is 0 Å². The van der Waals surface area contributed by atoms with Crippen molar-refractivity contribution in [3.05, 3.63) is 29.0 Å². The lowest BCUT2D eigenvalue weighted by molar-refractivity contribution is 0.0921. The van der Waals surface area contributed by atoms with E-state index in [0.29, 0.717) is 10.7 Å². The summed E-state index contributed by atoms with van der Waals surface area (Å²) in [5.74, 6) is -0.159. The summed E-state index contributed by atoms with van der Waals surface area (Å²) in [6, 6.07) is 3.72. The number of hydrogen-bond donors (Lipinski definition) is 2. The Morgan fingerprint density at radius 2 is 2.12 bits per heavy atom. The van der Waals surface area contributed by atoms with E-state index in [1.807, 2.05) is 0 Å². The Hall–Kier alpha value is -1.13. The summed E-state index contributed by atoms with van der Waals surface area (Å²) in [6.07, 6.45) is 5.34. The second-order valence-corrected chi connectivity index (χ2v) is 4.88. The van der Waals surface area contributed by atoms with Crippen LogP contribution in [0.25, 0.3) is 0 Å². The first-order valence-corrected chi connectivity index (χ1v) is 6.21. The third-order valence-corrected chi connectivity index (χ3v) is 3.30. The van der Waals surface area contributed by atoms with Crippen molar-refractivity contribution in [2.75, 3.05) is 0 Å². The first-order chi connectivity index (χ1) is 8.15. The van der Waals surface area contributed by atoms with Gasteiger partial charge in [0.05, 0.1) is 0 Å². The monoisotopic (exact) mass is 253 g/mol. The number of amides is 1. The van der Waals surface area contributed by atoms with E-state index >= 15 is 0 Å². The van der Waals surface area contributed by atoms with E-state index in [4.69, 9.17) is 17.3 Å².